The van der Waals surface area contributed by atoms with Crippen molar-refractivity contribution in [2.24, 2.45) is 0 Å². The van der Waals surface area contributed by atoms with E-state index in [0.29, 0.717) is 26.2 Å². The third-order valence-electron chi connectivity index (χ3n) is 3.70. The molecule has 0 aliphatic carbocycles. The van der Waals surface area contributed by atoms with Crippen molar-refractivity contribution in [1.29, 1.82) is 0 Å². The molecule has 7 heteroatoms. The van der Waals surface area contributed by atoms with Gasteiger partial charge in [-0.1, -0.05) is 6.07 Å². The Morgan fingerprint density at radius 1 is 1.30 bits per heavy atom. The highest BCUT2D eigenvalue weighted by atomic mass is 19.2. The van der Waals surface area contributed by atoms with Crippen LogP contribution in [0.1, 0.15) is 10.4 Å². The molecule has 1 N–H and O–H groups in total. The molecule has 2 aliphatic rings. The molecule has 3 amide bonds. The van der Waals surface area contributed by atoms with Crippen molar-refractivity contribution in [2.45, 2.75) is 6.04 Å². The first-order valence-electron chi connectivity index (χ1n) is 6.35. The molecule has 5 nitrogen and oxygen atoms in total. The van der Waals surface area contributed by atoms with Crippen molar-refractivity contribution < 1.29 is 18.4 Å². The van der Waals surface area contributed by atoms with Crippen LogP contribution < -0.4 is 5.32 Å². The monoisotopic (exact) mass is 281 g/mol. The van der Waals surface area contributed by atoms with E-state index in [-0.39, 0.29) is 17.6 Å². The maximum atomic E-state index is 13.6. The van der Waals surface area contributed by atoms with Crippen LogP contribution in [0.3, 0.4) is 0 Å². The summed E-state index contributed by atoms with van der Waals surface area (Å²) in [6, 6.07) is 3.31. The van der Waals surface area contributed by atoms with Gasteiger partial charge in [-0.3, -0.25) is 4.79 Å². The molecular formula is C13H13F2N3O2. The van der Waals surface area contributed by atoms with Gasteiger partial charge in [0.25, 0.3) is 5.91 Å². The first kappa shape index (κ1) is 12.8. The number of hydrogen-bond donors (Lipinski definition) is 1. The van der Waals surface area contributed by atoms with E-state index in [1.54, 1.807) is 4.90 Å². The van der Waals surface area contributed by atoms with Crippen molar-refractivity contribution in [3.05, 3.63) is 35.4 Å². The number of amides is 3. The Kier molecular flexibility index (Phi) is 3.04. The van der Waals surface area contributed by atoms with Crippen molar-refractivity contribution >= 4 is 11.9 Å². The molecule has 2 fully saturated rings. The van der Waals surface area contributed by atoms with E-state index < -0.39 is 17.5 Å². The van der Waals surface area contributed by atoms with E-state index in [0.717, 1.165) is 6.07 Å². The Morgan fingerprint density at radius 2 is 2.10 bits per heavy atom. The molecule has 0 radical (unpaired) electrons. The smallest absolute Gasteiger partial charge is 0.317 e. The second-order valence-electron chi connectivity index (χ2n) is 4.89. The summed E-state index contributed by atoms with van der Waals surface area (Å²) < 4.78 is 26.8. The minimum Gasteiger partial charge on any atom is -0.336 e. The van der Waals surface area contributed by atoms with Gasteiger partial charge in [0, 0.05) is 26.2 Å². The summed E-state index contributed by atoms with van der Waals surface area (Å²) in [5.74, 6) is -2.70. The molecular weight excluding hydrogens is 268 g/mol. The number of hydrogen-bond acceptors (Lipinski definition) is 2. The molecule has 2 aliphatic heterocycles. The Bertz CT molecular complexity index is 579. The highest BCUT2D eigenvalue weighted by Gasteiger charge is 2.37. The molecule has 0 bridgehead atoms. The Balaban J connectivity index is 1.79. The van der Waals surface area contributed by atoms with Crippen LogP contribution in [0.4, 0.5) is 13.6 Å². The fraction of sp³-hybridized carbons (Fsp3) is 0.385. The number of fused-ring (bicyclic) bond motifs is 1. The molecule has 1 atom stereocenters. The van der Waals surface area contributed by atoms with Gasteiger partial charge < -0.3 is 15.1 Å². The fourth-order valence-electron chi connectivity index (χ4n) is 2.63. The predicted molar refractivity (Wildman–Crippen MR) is 66.2 cm³/mol. The van der Waals surface area contributed by atoms with E-state index in [9.17, 15) is 18.4 Å². The minimum absolute atomic E-state index is 0.100. The molecule has 0 spiro atoms. The fourth-order valence-corrected chi connectivity index (χ4v) is 2.63. The van der Waals surface area contributed by atoms with E-state index in [4.69, 9.17) is 0 Å². The van der Waals surface area contributed by atoms with E-state index in [2.05, 4.69) is 5.32 Å². The summed E-state index contributed by atoms with van der Waals surface area (Å²) in [5.41, 5.74) is -0.268. The van der Waals surface area contributed by atoms with Crippen LogP contribution in [0.15, 0.2) is 18.2 Å². The standard InChI is InChI=1S/C13H13F2N3O2/c14-10-3-1-2-9(11(10)15)12(19)17-4-5-18-8(7-17)6-16-13(18)20/h1-3,8H,4-7H2,(H,16,20). The zero-order chi connectivity index (χ0) is 14.3. The van der Waals surface area contributed by atoms with Crippen molar-refractivity contribution in [3.63, 3.8) is 0 Å². The van der Waals surface area contributed by atoms with Crippen LogP contribution in [-0.2, 0) is 0 Å². The van der Waals surface area contributed by atoms with Crippen LogP contribution in [0, 0.1) is 11.6 Å². The normalized spacial score (nSPS) is 21.7. The first-order valence-corrected chi connectivity index (χ1v) is 6.35. The van der Waals surface area contributed by atoms with E-state index in [1.807, 2.05) is 0 Å². The van der Waals surface area contributed by atoms with Crippen molar-refractivity contribution in [1.82, 2.24) is 15.1 Å². The average Bonchev–Trinajstić information content (AvgIpc) is 2.82. The molecule has 1 aromatic rings. The molecule has 1 unspecified atom stereocenters. The van der Waals surface area contributed by atoms with Gasteiger partial charge in [-0.05, 0) is 12.1 Å². The third-order valence-corrected chi connectivity index (χ3v) is 3.70. The molecule has 1 aromatic carbocycles. The number of rotatable bonds is 1. The van der Waals surface area contributed by atoms with Crippen LogP contribution in [0.25, 0.3) is 0 Å². The lowest BCUT2D eigenvalue weighted by Crippen LogP contribution is -2.53. The van der Waals surface area contributed by atoms with Crippen molar-refractivity contribution in [2.75, 3.05) is 26.2 Å². The summed E-state index contributed by atoms with van der Waals surface area (Å²) in [4.78, 5) is 26.8. The number of piperazine rings is 1. The topological polar surface area (TPSA) is 52.7 Å². The van der Waals surface area contributed by atoms with Crippen LogP contribution >= 0.6 is 0 Å². The lowest BCUT2D eigenvalue weighted by molar-refractivity contribution is 0.0611. The number of benzene rings is 1. The van der Waals surface area contributed by atoms with Gasteiger partial charge in [0.05, 0.1) is 11.6 Å². The van der Waals surface area contributed by atoms with Gasteiger partial charge in [-0.2, -0.15) is 0 Å². The highest BCUT2D eigenvalue weighted by molar-refractivity contribution is 5.94. The quantitative estimate of drug-likeness (QED) is 0.828. The molecule has 106 valence electrons. The summed E-state index contributed by atoms with van der Waals surface area (Å²) in [6.07, 6.45) is 0. The number of nitrogens with one attached hydrogen (secondary N) is 1. The summed E-state index contributed by atoms with van der Waals surface area (Å²) >= 11 is 0. The van der Waals surface area contributed by atoms with Crippen molar-refractivity contribution in [3.8, 4) is 0 Å². The molecule has 3 rings (SSSR count). The summed E-state index contributed by atoms with van der Waals surface area (Å²) in [7, 11) is 0. The number of nitrogens with zero attached hydrogens (tertiary/aromatic N) is 2. The molecule has 0 aromatic heterocycles. The second kappa shape index (κ2) is 4.73. The summed E-state index contributed by atoms with van der Waals surface area (Å²) in [5, 5.41) is 2.70. The average molecular weight is 281 g/mol. The first-order chi connectivity index (χ1) is 9.58. The van der Waals surface area contributed by atoms with Gasteiger partial charge in [-0.25, -0.2) is 13.6 Å². The van der Waals surface area contributed by atoms with Gasteiger partial charge in [0.2, 0.25) is 0 Å². The predicted octanol–water partition coefficient (Wildman–Crippen LogP) is 0.814. The molecule has 2 saturated heterocycles. The lowest BCUT2D eigenvalue weighted by Gasteiger charge is -2.36. The van der Waals surface area contributed by atoms with Gasteiger partial charge in [-0.15, -0.1) is 0 Å². The number of carbonyl (C=O) groups is 2. The van der Waals surface area contributed by atoms with Gasteiger partial charge in [0.1, 0.15) is 0 Å². The number of carbonyl (C=O) groups excluding carboxylic acids is 2. The zero-order valence-corrected chi connectivity index (χ0v) is 10.6. The highest BCUT2D eigenvalue weighted by Crippen LogP contribution is 2.19. The second-order valence-corrected chi connectivity index (χ2v) is 4.89. The molecule has 20 heavy (non-hydrogen) atoms. The lowest BCUT2D eigenvalue weighted by atomic mass is 10.1. The Labute approximate surface area is 114 Å². The number of urea groups is 1. The molecule has 0 saturated carbocycles. The maximum Gasteiger partial charge on any atom is 0.317 e. The van der Waals surface area contributed by atoms with Crippen LogP contribution in [0.2, 0.25) is 0 Å². The summed E-state index contributed by atoms with van der Waals surface area (Å²) in [6.45, 7) is 1.51. The molecule has 2 heterocycles. The minimum atomic E-state index is -1.12. The van der Waals surface area contributed by atoms with E-state index >= 15 is 0 Å². The van der Waals surface area contributed by atoms with Gasteiger partial charge in [0.15, 0.2) is 11.6 Å². The van der Waals surface area contributed by atoms with E-state index in [1.165, 1.54) is 17.0 Å². The van der Waals surface area contributed by atoms with Gasteiger partial charge >= 0.3 is 6.03 Å². The zero-order valence-electron chi connectivity index (χ0n) is 10.6. The maximum absolute atomic E-state index is 13.6. The number of halogens is 2. The Hall–Kier alpha value is -2.18. The van der Waals surface area contributed by atoms with Crippen LogP contribution in [-0.4, -0.2) is 54.0 Å². The third kappa shape index (κ3) is 1.99. The van der Waals surface area contributed by atoms with Crippen LogP contribution in [0.5, 0.6) is 0 Å². The largest absolute Gasteiger partial charge is 0.336 e. The Morgan fingerprint density at radius 3 is 2.90 bits per heavy atom. The SMILES string of the molecule is O=C(c1cccc(F)c1F)N1CCN2C(=O)NCC2C1.